The van der Waals surface area contributed by atoms with E-state index in [-0.39, 0.29) is 17.8 Å². The van der Waals surface area contributed by atoms with E-state index in [4.69, 9.17) is 15.7 Å². The van der Waals surface area contributed by atoms with Gasteiger partial charge in [-0.05, 0) is 18.4 Å². The molecule has 1 saturated heterocycles. The SMILES string of the molecule is NC(=NO)c1ccc(CNC(=O)CC2CCCO2)cc1. The number of nitrogens with zero attached hydrogens (tertiary/aromatic N) is 1. The fourth-order valence-electron chi connectivity index (χ4n) is 2.14. The van der Waals surface area contributed by atoms with Gasteiger partial charge in [-0.3, -0.25) is 4.79 Å². The van der Waals surface area contributed by atoms with Crippen molar-refractivity contribution in [3.05, 3.63) is 35.4 Å². The maximum Gasteiger partial charge on any atom is 0.222 e. The molecule has 20 heavy (non-hydrogen) atoms. The molecule has 0 spiro atoms. The number of hydrogen-bond donors (Lipinski definition) is 3. The minimum atomic E-state index is -0.00240. The van der Waals surface area contributed by atoms with Gasteiger partial charge in [0, 0.05) is 18.7 Å². The highest BCUT2D eigenvalue weighted by Crippen LogP contribution is 2.15. The summed E-state index contributed by atoms with van der Waals surface area (Å²) in [4.78, 5) is 11.7. The van der Waals surface area contributed by atoms with E-state index in [1.807, 2.05) is 12.1 Å². The van der Waals surface area contributed by atoms with Gasteiger partial charge in [0.05, 0.1) is 12.5 Å². The third-order valence-corrected chi connectivity index (χ3v) is 3.28. The van der Waals surface area contributed by atoms with Crippen molar-refractivity contribution in [2.45, 2.75) is 31.9 Å². The van der Waals surface area contributed by atoms with Crippen molar-refractivity contribution in [2.75, 3.05) is 6.61 Å². The highest BCUT2D eigenvalue weighted by Gasteiger charge is 2.18. The monoisotopic (exact) mass is 277 g/mol. The molecule has 0 aromatic heterocycles. The Morgan fingerprint density at radius 1 is 1.45 bits per heavy atom. The van der Waals surface area contributed by atoms with Crippen LogP contribution >= 0.6 is 0 Å². The summed E-state index contributed by atoms with van der Waals surface area (Å²) in [5, 5.41) is 14.4. The van der Waals surface area contributed by atoms with Crippen LogP contribution in [0.3, 0.4) is 0 Å². The first kappa shape index (κ1) is 14.3. The molecule has 1 unspecified atom stereocenters. The Labute approximate surface area is 117 Å². The van der Waals surface area contributed by atoms with Crippen molar-refractivity contribution in [2.24, 2.45) is 10.9 Å². The van der Waals surface area contributed by atoms with E-state index in [0.717, 1.165) is 25.0 Å². The molecule has 1 atom stereocenters. The van der Waals surface area contributed by atoms with Gasteiger partial charge < -0.3 is 21.0 Å². The van der Waals surface area contributed by atoms with E-state index < -0.39 is 0 Å². The Hall–Kier alpha value is -2.08. The fraction of sp³-hybridized carbons (Fsp3) is 0.429. The molecule has 0 radical (unpaired) electrons. The largest absolute Gasteiger partial charge is 0.409 e. The lowest BCUT2D eigenvalue weighted by Crippen LogP contribution is -2.26. The summed E-state index contributed by atoms with van der Waals surface area (Å²) in [6, 6.07) is 7.16. The lowest BCUT2D eigenvalue weighted by molar-refractivity contribution is -0.123. The third kappa shape index (κ3) is 3.96. The van der Waals surface area contributed by atoms with Gasteiger partial charge in [0.25, 0.3) is 0 Å². The van der Waals surface area contributed by atoms with E-state index in [1.54, 1.807) is 12.1 Å². The molecule has 0 bridgehead atoms. The van der Waals surface area contributed by atoms with Crippen LogP contribution in [0.1, 0.15) is 30.4 Å². The van der Waals surface area contributed by atoms with Crippen LogP contribution in [0, 0.1) is 0 Å². The summed E-state index contributed by atoms with van der Waals surface area (Å²) in [5.74, 6) is 0.0661. The van der Waals surface area contributed by atoms with Crippen molar-refractivity contribution in [3.8, 4) is 0 Å². The van der Waals surface area contributed by atoms with Gasteiger partial charge in [-0.25, -0.2) is 0 Å². The lowest BCUT2D eigenvalue weighted by atomic mass is 10.1. The molecule has 0 saturated carbocycles. The molecule has 108 valence electrons. The lowest BCUT2D eigenvalue weighted by Gasteiger charge is -2.10. The molecule has 1 aliphatic heterocycles. The number of benzene rings is 1. The Bertz CT molecular complexity index is 479. The molecular formula is C14H19N3O3. The second kappa shape index (κ2) is 6.91. The van der Waals surface area contributed by atoms with E-state index in [2.05, 4.69) is 10.5 Å². The number of carbonyl (C=O) groups is 1. The van der Waals surface area contributed by atoms with Gasteiger partial charge in [-0.1, -0.05) is 29.4 Å². The molecule has 1 amide bonds. The molecule has 0 aliphatic carbocycles. The molecule has 1 aromatic rings. The van der Waals surface area contributed by atoms with Crippen LogP contribution < -0.4 is 11.1 Å². The number of rotatable bonds is 5. The van der Waals surface area contributed by atoms with E-state index in [1.165, 1.54) is 0 Å². The molecule has 4 N–H and O–H groups in total. The van der Waals surface area contributed by atoms with Crippen molar-refractivity contribution in [3.63, 3.8) is 0 Å². The van der Waals surface area contributed by atoms with Crippen LogP contribution in [0.2, 0.25) is 0 Å². The van der Waals surface area contributed by atoms with Gasteiger partial charge in [-0.15, -0.1) is 0 Å². The molecule has 6 nitrogen and oxygen atoms in total. The number of oxime groups is 1. The van der Waals surface area contributed by atoms with E-state index >= 15 is 0 Å². The maximum absolute atomic E-state index is 11.7. The van der Waals surface area contributed by atoms with Crippen LogP contribution in [-0.2, 0) is 16.1 Å². The van der Waals surface area contributed by atoms with Gasteiger partial charge in [0.1, 0.15) is 0 Å². The smallest absolute Gasteiger partial charge is 0.222 e. The number of nitrogens with one attached hydrogen (secondary N) is 1. The summed E-state index contributed by atoms with van der Waals surface area (Å²) in [6.07, 6.45) is 2.48. The summed E-state index contributed by atoms with van der Waals surface area (Å²) in [5.41, 5.74) is 7.07. The van der Waals surface area contributed by atoms with Crippen LogP contribution in [0.25, 0.3) is 0 Å². The average Bonchev–Trinajstić information content (AvgIpc) is 2.97. The molecule has 1 fully saturated rings. The zero-order valence-electron chi connectivity index (χ0n) is 11.2. The normalized spacial score (nSPS) is 19.0. The molecule has 2 rings (SSSR count). The minimum absolute atomic E-state index is 0.00240. The topological polar surface area (TPSA) is 96.9 Å². The molecular weight excluding hydrogens is 258 g/mol. The van der Waals surface area contributed by atoms with Gasteiger partial charge in [0.15, 0.2) is 5.84 Å². The quantitative estimate of drug-likeness (QED) is 0.323. The predicted octanol–water partition coefficient (Wildman–Crippen LogP) is 0.966. The highest BCUT2D eigenvalue weighted by molar-refractivity contribution is 5.96. The highest BCUT2D eigenvalue weighted by atomic mass is 16.5. The van der Waals surface area contributed by atoms with Crippen molar-refractivity contribution in [1.29, 1.82) is 0 Å². The Morgan fingerprint density at radius 2 is 2.20 bits per heavy atom. The molecule has 1 aliphatic rings. The van der Waals surface area contributed by atoms with Gasteiger partial charge in [-0.2, -0.15) is 0 Å². The minimum Gasteiger partial charge on any atom is -0.409 e. The Balaban J connectivity index is 1.79. The predicted molar refractivity (Wildman–Crippen MR) is 74.4 cm³/mol. The average molecular weight is 277 g/mol. The summed E-state index contributed by atoms with van der Waals surface area (Å²) in [6.45, 7) is 1.22. The second-order valence-corrected chi connectivity index (χ2v) is 4.80. The number of amidine groups is 1. The maximum atomic E-state index is 11.7. The van der Waals surface area contributed by atoms with Crippen LogP contribution in [0.4, 0.5) is 0 Å². The number of hydrogen-bond acceptors (Lipinski definition) is 4. The summed E-state index contributed by atoms with van der Waals surface area (Å²) in [7, 11) is 0. The molecule has 6 heteroatoms. The second-order valence-electron chi connectivity index (χ2n) is 4.80. The zero-order valence-corrected chi connectivity index (χ0v) is 11.2. The van der Waals surface area contributed by atoms with Crippen molar-refractivity contribution in [1.82, 2.24) is 5.32 Å². The van der Waals surface area contributed by atoms with Crippen LogP contribution in [-0.4, -0.2) is 29.7 Å². The molecule has 1 heterocycles. The number of ether oxygens (including phenoxy) is 1. The molecule has 1 aromatic carbocycles. The summed E-state index contributed by atoms with van der Waals surface area (Å²) >= 11 is 0. The number of nitrogens with two attached hydrogens (primary N) is 1. The summed E-state index contributed by atoms with van der Waals surface area (Å²) < 4.78 is 5.42. The zero-order chi connectivity index (χ0) is 14.4. The van der Waals surface area contributed by atoms with E-state index in [9.17, 15) is 4.79 Å². The fourth-order valence-corrected chi connectivity index (χ4v) is 2.14. The van der Waals surface area contributed by atoms with Gasteiger partial charge >= 0.3 is 0 Å². The van der Waals surface area contributed by atoms with Crippen molar-refractivity contribution >= 4 is 11.7 Å². The van der Waals surface area contributed by atoms with Crippen LogP contribution in [0.5, 0.6) is 0 Å². The number of amides is 1. The Morgan fingerprint density at radius 3 is 2.80 bits per heavy atom. The van der Waals surface area contributed by atoms with Crippen LogP contribution in [0.15, 0.2) is 29.4 Å². The standard InChI is InChI=1S/C14H19N3O3/c15-14(17-19)11-5-3-10(4-6-11)9-16-13(18)8-12-2-1-7-20-12/h3-6,12,19H,1-2,7-9H2,(H2,15,17)(H,16,18). The van der Waals surface area contributed by atoms with Crippen molar-refractivity contribution < 1.29 is 14.7 Å². The Kier molecular flexibility index (Phi) is 4.95. The van der Waals surface area contributed by atoms with Gasteiger partial charge in [0.2, 0.25) is 5.91 Å². The first-order chi connectivity index (χ1) is 9.69. The third-order valence-electron chi connectivity index (χ3n) is 3.28. The first-order valence-electron chi connectivity index (χ1n) is 6.64. The first-order valence-corrected chi connectivity index (χ1v) is 6.64. The number of carbonyl (C=O) groups excluding carboxylic acids is 1. The van der Waals surface area contributed by atoms with E-state index in [0.29, 0.717) is 18.5 Å².